The summed E-state index contributed by atoms with van der Waals surface area (Å²) in [7, 11) is 0. The first kappa shape index (κ1) is 20.2. The second kappa shape index (κ2) is 7.62. The van der Waals surface area contributed by atoms with Crippen molar-refractivity contribution in [3.63, 3.8) is 0 Å². The van der Waals surface area contributed by atoms with Crippen LogP contribution in [0.5, 0.6) is 0 Å². The highest BCUT2D eigenvalue weighted by molar-refractivity contribution is 6.06. The summed E-state index contributed by atoms with van der Waals surface area (Å²) in [4.78, 5) is 61.0. The zero-order valence-corrected chi connectivity index (χ0v) is 16.5. The zero-order chi connectivity index (χ0) is 21.6. The molecule has 1 aromatic rings. The lowest BCUT2D eigenvalue weighted by Gasteiger charge is -2.19. The first-order valence-electron chi connectivity index (χ1n) is 10.1. The molecular weight excluding hydrogens is 392 g/mol. The van der Waals surface area contributed by atoms with Gasteiger partial charge in [-0.1, -0.05) is 12.1 Å². The molecule has 4 atom stereocenters. The predicted molar refractivity (Wildman–Crippen MR) is 102 cm³/mol. The summed E-state index contributed by atoms with van der Waals surface area (Å²) in [6.45, 7) is 0.955. The number of ether oxygens (including phenoxy) is 1. The summed E-state index contributed by atoms with van der Waals surface area (Å²) in [5.74, 6) is -1.54. The molecule has 4 rings (SSSR count). The lowest BCUT2D eigenvalue weighted by Crippen LogP contribution is -2.35. The van der Waals surface area contributed by atoms with E-state index in [0.29, 0.717) is 5.56 Å². The largest absolute Gasteiger partial charge is 0.457 e. The summed E-state index contributed by atoms with van der Waals surface area (Å²) in [6.07, 6.45) is 2.73. The quantitative estimate of drug-likeness (QED) is 0.220. The number of nitro benzene ring substituents is 1. The maximum absolute atomic E-state index is 12.6. The number of carbonyl (C=O) groups excluding carboxylic acids is 4. The van der Waals surface area contributed by atoms with Gasteiger partial charge in [0.15, 0.2) is 6.61 Å². The number of hydrogen-bond donors (Lipinski definition) is 0. The first-order valence-corrected chi connectivity index (χ1v) is 10.1. The van der Waals surface area contributed by atoms with Gasteiger partial charge in [0.05, 0.1) is 23.2 Å². The number of imide groups is 1. The summed E-state index contributed by atoms with van der Waals surface area (Å²) in [5, 5.41) is 11.0. The summed E-state index contributed by atoms with van der Waals surface area (Å²) < 4.78 is 4.96. The van der Waals surface area contributed by atoms with Crippen molar-refractivity contribution in [1.82, 2.24) is 4.90 Å². The van der Waals surface area contributed by atoms with Crippen molar-refractivity contribution in [2.75, 3.05) is 13.2 Å². The standard InChI is InChI=1S/C21H22N2O7/c1-11-2-3-12(9-15(11)23(28)29)16(24)10-30-17(25)6-7-22-20(26)18-13-4-5-14(8-13)19(18)21(22)27/h2-3,9,13-14,18-19H,4-8,10H2,1H3/t13-,14-,18-,19+/m1/s1. The summed E-state index contributed by atoms with van der Waals surface area (Å²) in [5.41, 5.74) is 0.317. The minimum Gasteiger partial charge on any atom is -0.457 e. The number of nitro groups is 1. The molecule has 3 aliphatic rings. The number of likely N-dealkylation sites (tertiary alicyclic amines) is 1. The molecule has 0 radical (unpaired) electrons. The van der Waals surface area contributed by atoms with E-state index in [4.69, 9.17) is 4.74 Å². The third-order valence-electron chi connectivity index (χ3n) is 6.65. The molecule has 1 aliphatic heterocycles. The van der Waals surface area contributed by atoms with E-state index < -0.39 is 23.3 Å². The number of nitrogens with zero attached hydrogens (tertiary/aromatic N) is 2. The Balaban J connectivity index is 1.29. The molecule has 1 saturated heterocycles. The van der Waals surface area contributed by atoms with Gasteiger partial charge < -0.3 is 4.74 Å². The number of amides is 2. The molecule has 0 aromatic heterocycles. The Morgan fingerprint density at radius 1 is 1.17 bits per heavy atom. The smallest absolute Gasteiger partial charge is 0.308 e. The van der Waals surface area contributed by atoms with Gasteiger partial charge in [-0.2, -0.15) is 0 Å². The molecule has 3 fully saturated rings. The first-order chi connectivity index (χ1) is 14.3. The fourth-order valence-electron chi connectivity index (χ4n) is 5.18. The van der Waals surface area contributed by atoms with Gasteiger partial charge in [0.25, 0.3) is 5.69 Å². The van der Waals surface area contributed by atoms with Crippen LogP contribution in [0.25, 0.3) is 0 Å². The zero-order valence-electron chi connectivity index (χ0n) is 16.5. The molecule has 158 valence electrons. The third kappa shape index (κ3) is 3.38. The van der Waals surface area contributed by atoms with Crippen LogP contribution in [-0.4, -0.2) is 46.5 Å². The lowest BCUT2D eigenvalue weighted by molar-refractivity contribution is -0.385. The number of aryl methyl sites for hydroxylation is 1. The molecule has 1 heterocycles. The molecule has 2 bridgehead atoms. The molecule has 1 aromatic carbocycles. The van der Waals surface area contributed by atoms with Crippen molar-refractivity contribution in [1.29, 1.82) is 0 Å². The van der Waals surface area contributed by atoms with Crippen LogP contribution in [0.4, 0.5) is 5.69 Å². The minimum absolute atomic E-state index is 0.0485. The van der Waals surface area contributed by atoms with E-state index in [-0.39, 0.29) is 59.7 Å². The van der Waals surface area contributed by atoms with Crippen LogP contribution in [0.1, 0.15) is 41.6 Å². The van der Waals surface area contributed by atoms with Gasteiger partial charge in [-0.3, -0.25) is 34.2 Å². The van der Waals surface area contributed by atoms with Crippen LogP contribution < -0.4 is 0 Å². The summed E-state index contributed by atoms with van der Waals surface area (Å²) in [6, 6.07) is 4.05. The molecule has 0 spiro atoms. The Kier molecular flexibility index (Phi) is 5.13. The van der Waals surface area contributed by atoms with Gasteiger partial charge >= 0.3 is 5.97 Å². The molecule has 9 heteroatoms. The lowest BCUT2D eigenvalue weighted by atomic mass is 9.81. The van der Waals surface area contributed by atoms with Gasteiger partial charge in [-0.15, -0.1) is 0 Å². The minimum atomic E-state index is -0.703. The molecule has 0 unspecified atom stereocenters. The number of rotatable bonds is 7. The van der Waals surface area contributed by atoms with Crippen molar-refractivity contribution < 1.29 is 28.8 Å². The average molecular weight is 414 g/mol. The third-order valence-corrected chi connectivity index (χ3v) is 6.65. The van der Waals surface area contributed by atoms with E-state index >= 15 is 0 Å². The van der Waals surface area contributed by atoms with Gasteiger partial charge in [0, 0.05) is 23.7 Å². The monoisotopic (exact) mass is 414 g/mol. The van der Waals surface area contributed by atoms with Crippen molar-refractivity contribution in [2.45, 2.75) is 32.6 Å². The number of benzene rings is 1. The highest BCUT2D eigenvalue weighted by Gasteiger charge is 2.60. The number of esters is 1. The van der Waals surface area contributed by atoms with E-state index in [9.17, 15) is 29.3 Å². The van der Waals surface area contributed by atoms with E-state index in [1.165, 1.54) is 17.0 Å². The Bertz CT molecular complexity index is 929. The Morgan fingerprint density at radius 2 is 1.80 bits per heavy atom. The topological polar surface area (TPSA) is 124 Å². The fraction of sp³-hybridized carbons (Fsp3) is 0.524. The van der Waals surface area contributed by atoms with E-state index in [2.05, 4.69) is 0 Å². The Morgan fingerprint density at radius 3 is 2.40 bits per heavy atom. The molecule has 9 nitrogen and oxygen atoms in total. The molecule has 2 amide bonds. The van der Waals surface area contributed by atoms with Crippen molar-refractivity contribution in [2.24, 2.45) is 23.7 Å². The second-order valence-corrected chi connectivity index (χ2v) is 8.31. The van der Waals surface area contributed by atoms with Crippen molar-refractivity contribution in [3.8, 4) is 0 Å². The van der Waals surface area contributed by atoms with E-state index in [1.54, 1.807) is 6.92 Å². The Labute approximate surface area is 172 Å². The number of ketones is 1. The Hall–Kier alpha value is -3.10. The van der Waals surface area contributed by atoms with Gasteiger partial charge in [-0.05, 0) is 38.0 Å². The molecule has 2 aliphatic carbocycles. The van der Waals surface area contributed by atoms with Crippen molar-refractivity contribution >= 4 is 29.3 Å². The number of fused-ring (bicyclic) bond motifs is 5. The molecule has 2 saturated carbocycles. The van der Waals surface area contributed by atoms with Crippen LogP contribution in [-0.2, 0) is 19.1 Å². The molecule has 30 heavy (non-hydrogen) atoms. The van der Waals surface area contributed by atoms with Crippen LogP contribution in [0, 0.1) is 40.7 Å². The highest BCUT2D eigenvalue weighted by Crippen LogP contribution is 2.56. The van der Waals surface area contributed by atoms with E-state index in [0.717, 1.165) is 25.3 Å². The number of Topliss-reactive ketones (excluding diaryl/α,β-unsaturated/α-hetero) is 1. The molecule has 0 N–H and O–H groups in total. The molecular formula is C21H22N2O7. The number of hydrogen-bond acceptors (Lipinski definition) is 7. The summed E-state index contributed by atoms with van der Waals surface area (Å²) >= 11 is 0. The van der Waals surface area contributed by atoms with Gasteiger partial charge in [-0.25, -0.2) is 0 Å². The predicted octanol–water partition coefficient (Wildman–Crippen LogP) is 2.05. The van der Waals surface area contributed by atoms with Crippen molar-refractivity contribution in [3.05, 3.63) is 39.4 Å². The maximum atomic E-state index is 12.6. The normalized spacial score (nSPS) is 26.8. The fourth-order valence-corrected chi connectivity index (χ4v) is 5.18. The number of carbonyl (C=O) groups is 4. The van der Waals surface area contributed by atoms with E-state index in [1.807, 2.05) is 0 Å². The van der Waals surface area contributed by atoms with Crippen LogP contribution >= 0.6 is 0 Å². The van der Waals surface area contributed by atoms with Gasteiger partial charge in [0.1, 0.15) is 0 Å². The van der Waals surface area contributed by atoms with Crippen LogP contribution in [0.3, 0.4) is 0 Å². The SMILES string of the molecule is Cc1ccc(C(=O)COC(=O)CCN2C(=O)[C@@H]3[C@@H]4CC[C@H](C4)[C@@H]3C2=O)cc1[N+](=O)[O-]. The highest BCUT2D eigenvalue weighted by atomic mass is 16.6. The second-order valence-electron chi connectivity index (χ2n) is 8.31. The average Bonchev–Trinajstić information content (AvgIpc) is 3.39. The van der Waals surface area contributed by atoms with Crippen LogP contribution in [0.2, 0.25) is 0 Å². The van der Waals surface area contributed by atoms with Crippen LogP contribution in [0.15, 0.2) is 18.2 Å². The maximum Gasteiger partial charge on any atom is 0.308 e. The van der Waals surface area contributed by atoms with Gasteiger partial charge in [0.2, 0.25) is 17.6 Å².